The molecule has 124 valence electrons. The quantitative estimate of drug-likeness (QED) is 0.801. The molecule has 6 nitrogen and oxygen atoms in total. The lowest BCUT2D eigenvalue weighted by molar-refractivity contribution is 0.0666. The van der Waals surface area contributed by atoms with Crippen molar-refractivity contribution in [2.24, 2.45) is 0 Å². The van der Waals surface area contributed by atoms with Crippen molar-refractivity contribution in [1.82, 2.24) is 19.9 Å². The lowest BCUT2D eigenvalue weighted by Gasteiger charge is -2.38. The minimum Gasteiger partial charge on any atom is -0.361 e. The fourth-order valence-corrected chi connectivity index (χ4v) is 3.40. The zero-order valence-corrected chi connectivity index (χ0v) is 13.5. The molecule has 0 radical (unpaired) electrons. The summed E-state index contributed by atoms with van der Waals surface area (Å²) >= 11 is 0. The predicted octanol–water partition coefficient (Wildman–Crippen LogP) is 3.00. The maximum absolute atomic E-state index is 13.0. The Labute approximate surface area is 145 Å². The number of aromatic nitrogens is 3. The van der Waals surface area contributed by atoms with Crippen LogP contribution in [0.5, 0.6) is 0 Å². The number of hydrogen-bond acceptors (Lipinski definition) is 4. The second-order valence-electron chi connectivity index (χ2n) is 6.48. The molecule has 1 amide bonds. The number of benzene rings is 2. The molecule has 2 heterocycles. The summed E-state index contributed by atoms with van der Waals surface area (Å²) in [6, 6.07) is 16.2. The second-order valence-corrected chi connectivity index (χ2v) is 6.48. The fraction of sp³-hybridized carbons (Fsp3) is 0.211. The van der Waals surface area contributed by atoms with Gasteiger partial charge in [0.1, 0.15) is 6.17 Å². The molecule has 0 spiro atoms. The van der Waals surface area contributed by atoms with Crippen LogP contribution in [0.4, 0.5) is 5.69 Å². The summed E-state index contributed by atoms with van der Waals surface area (Å²) in [5.41, 5.74) is 3.67. The first-order valence-electron chi connectivity index (χ1n) is 8.46. The van der Waals surface area contributed by atoms with E-state index in [1.54, 1.807) is 10.9 Å². The van der Waals surface area contributed by atoms with E-state index in [0.717, 1.165) is 35.3 Å². The number of carbonyl (C=O) groups is 1. The Balaban J connectivity index is 1.52. The maximum Gasteiger partial charge on any atom is 0.258 e. The van der Waals surface area contributed by atoms with Crippen LogP contribution in [0.3, 0.4) is 0 Å². The Kier molecular flexibility index (Phi) is 3.09. The number of rotatable bonds is 3. The number of fused-ring (bicyclic) bond motifs is 1. The topological polar surface area (TPSA) is 63.1 Å². The first kappa shape index (κ1) is 14.2. The zero-order chi connectivity index (χ0) is 16.8. The van der Waals surface area contributed by atoms with Crippen molar-refractivity contribution in [1.29, 1.82) is 0 Å². The normalized spacial score (nSPS) is 19.4. The standard InChI is InChI=1S/C19H17N5O/c25-19-16-3-1-2-4-17(16)21-18(24(19)15-9-10-15)13-5-7-14(8-6-13)23-12-11-20-22-23/h1-8,11-12,15,18,21H,9-10H2. The molecule has 2 aliphatic rings. The van der Waals surface area contributed by atoms with E-state index in [0.29, 0.717) is 6.04 Å². The Hall–Kier alpha value is -3.15. The van der Waals surface area contributed by atoms with E-state index in [1.807, 2.05) is 59.6 Å². The maximum atomic E-state index is 13.0. The van der Waals surface area contributed by atoms with Gasteiger partial charge in [-0.1, -0.05) is 29.5 Å². The number of para-hydroxylation sites is 1. The van der Waals surface area contributed by atoms with Crippen LogP contribution in [0.25, 0.3) is 5.69 Å². The third-order valence-corrected chi connectivity index (χ3v) is 4.80. The molecule has 1 atom stereocenters. The van der Waals surface area contributed by atoms with Crippen LogP contribution in [0.2, 0.25) is 0 Å². The molecule has 1 aliphatic carbocycles. The van der Waals surface area contributed by atoms with Crippen molar-refractivity contribution < 1.29 is 4.79 Å². The number of amides is 1. The van der Waals surface area contributed by atoms with Crippen LogP contribution in [0.15, 0.2) is 60.9 Å². The number of carbonyl (C=O) groups excluding carboxylic acids is 1. The molecule has 1 saturated carbocycles. The van der Waals surface area contributed by atoms with Gasteiger partial charge in [0.25, 0.3) is 5.91 Å². The summed E-state index contributed by atoms with van der Waals surface area (Å²) in [5, 5.41) is 11.4. The van der Waals surface area contributed by atoms with Gasteiger partial charge in [-0.05, 0) is 42.7 Å². The molecule has 0 saturated heterocycles. The molecule has 2 aromatic carbocycles. The first-order chi connectivity index (χ1) is 12.3. The smallest absolute Gasteiger partial charge is 0.258 e. The highest BCUT2D eigenvalue weighted by atomic mass is 16.2. The predicted molar refractivity (Wildman–Crippen MR) is 93.4 cm³/mol. The van der Waals surface area contributed by atoms with Crippen LogP contribution < -0.4 is 5.32 Å². The van der Waals surface area contributed by atoms with Gasteiger partial charge < -0.3 is 10.2 Å². The highest BCUT2D eigenvalue weighted by Gasteiger charge is 2.41. The molecule has 25 heavy (non-hydrogen) atoms. The van der Waals surface area contributed by atoms with E-state index in [9.17, 15) is 4.79 Å². The molecule has 1 unspecified atom stereocenters. The lowest BCUT2D eigenvalue weighted by atomic mass is 10.0. The second kappa shape index (κ2) is 5.44. The molecule has 1 aromatic heterocycles. The number of nitrogens with one attached hydrogen (secondary N) is 1. The Morgan fingerprint density at radius 3 is 2.56 bits per heavy atom. The Morgan fingerprint density at radius 2 is 1.84 bits per heavy atom. The molecule has 0 bridgehead atoms. The molecule has 6 heteroatoms. The molecule has 1 aliphatic heterocycles. The van der Waals surface area contributed by atoms with Crippen molar-refractivity contribution in [2.75, 3.05) is 5.32 Å². The van der Waals surface area contributed by atoms with Crippen LogP contribution in [0.1, 0.15) is 34.9 Å². The monoisotopic (exact) mass is 331 g/mol. The Morgan fingerprint density at radius 1 is 1.04 bits per heavy atom. The summed E-state index contributed by atoms with van der Waals surface area (Å²) in [6.07, 6.45) is 5.47. The van der Waals surface area contributed by atoms with Gasteiger partial charge >= 0.3 is 0 Å². The SMILES string of the molecule is O=C1c2ccccc2NC(c2ccc(-n3ccnn3)cc2)N1C1CC1. The fourth-order valence-electron chi connectivity index (χ4n) is 3.40. The average Bonchev–Trinajstić information content (AvgIpc) is 3.34. The third-order valence-electron chi connectivity index (χ3n) is 4.80. The van der Waals surface area contributed by atoms with Crippen molar-refractivity contribution in [3.05, 3.63) is 72.1 Å². The zero-order valence-electron chi connectivity index (χ0n) is 13.5. The summed E-state index contributed by atoms with van der Waals surface area (Å²) in [7, 11) is 0. The largest absolute Gasteiger partial charge is 0.361 e. The molecule has 1 N–H and O–H groups in total. The van der Waals surface area contributed by atoms with Gasteiger partial charge in [-0.15, -0.1) is 5.10 Å². The Bertz CT molecular complexity index is 915. The summed E-state index contributed by atoms with van der Waals surface area (Å²) in [4.78, 5) is 15.0. The number of nitrogens with zero attached hydrogens (tertiary/aromatic N) is 4. The van der Waals surface area contributed by atoms with E-state index in [1.165, 1.54) is 0 Å². The molecule has 5 rings (SSSR count). The van der Waals surface area contributed by atoms with Crippen LogP contribution >= 0.6 is 0 Å². The minimum atomic E-state index is -0.139. The summed E-state index contributed by atoms with van der Waals surface area (Å²) in [6.45, 7) is 0. The highest BCUT2D eigenvalue weighted by Crippen LogP contribution is 2.40. The first-order valence-corrected chi connectivity index (χ1v) is 8.46. The molecular weight excluding hydrogens is 314 g/mol. The molecule has 3 aromatic rings. The van der Waals surface area contributed by atoms with E-state index in [4.69, 9.17) is 0 Å². The van der Waals surface area contributed by atoms with Gasteiger partial charge in [-0.25, -0.2) is 4.68 Å². The van der Waals surface area contributed by atoms with Gasteiger partial charge in [0.05, 0.1) is 23.6 Å². The van der Waals surface area contributed by atoms with Crippen molar-refractivity contribution in [3.8, 4) is 5.69 Å². The van der Waals surface area contributed by atoms with Gasteiger partial charge in [0.2, 0.25) is 0 Å². The van der Waals surface area contributed by atoms with Crippen LogP contribution in [-0.2, 0) is 0 Å². The van der Waals surface area contributed by atoms with Gasteiger partial charge in [-0.2, -0.15) is 0 Å². The van der Waals surface area contributed by atoms with Crippen molar-refractivity contribution >= 4 is 11.6 Å². The molecule has 1 fully saturated rings. The van der Waals surface area contributed by atoms with E-state index < -0.39 is 0 Å². The van der Waals surface area contributed by atoms with E-state index >= 15 is 0 Å². The lowest BCUT2D eigenvalue weighted by Crippen LogP contribution is -2.44. The van der Waals surface area contributed by atoms with Gasteiger partial charge in [0, 0.05) is 11.7 Å². The van der Waals surface area contributed by atoms with E-state index in [-0.39, 0.29) is 12.1 Å². The summed E-state index contributed by atoms with van der Waals surface area (Å²) in [5.74, 6) is 0.113. The van der Waals surface area contributed by atoms with Crippen molar-refractivity contribution in [3.63, 3.8) is 0 Å². The minimum absolute atomic E-state index is 0.113. The van der Waals surface area contributed by atoms with Crippen LogP contribution in [0, 0.1) is 0 Å². The van der Waals surface area contributed by atoms with Crippen LogP contribution in [-0.4, -0.2) is 31.8 Å². The van der Waals surface area contributed by atoms with Crippen molar-refractivity contribution in [2.45, 2.75) is 25.0 Å². The van der Waals surface area contributed by atoms with Gasteiger partial charge in [-0.3, -0.25) is 4.79 Å². The summed E-state index contributed by atoms with van der Waals surface area (Å²) < 4.78 is 1.72. The highest BCUT2D eigenvalue weighted by molar-refractivity contribution is 6.02. The average molecular weight is 331 g/mol. The number of hydrogen-bond donors (Lipinski definition) is 1. The number of anilines is 1. The molecular formula is C19H17N5O. The van der Waals surface area contributed by atoms with Gasteiger partial charge in [0.15, 0.2) is 0 Å². The third kappa shape index (κ3) is 2.38. The van der Waals surface area contributed by atoms with E-state index in [2.05, 4.69) is 15.6 Å².